The van der Waals surface area contributed by atoms with Gasteiger partial charge in [-0.15, -0.1) is 0 Å². The molecule has 31 heavy (non-hydrogen) atoms. The van der Waals surface area contributed by atoms with Crippen LogP contribution >= 0.6 is 0 Å². The average molecular weight is 487 g/mol. The van der Waals surface area contributed by atoms with Gasteiger partial charge < -0.3 is 0 Å². The fourth-order valence-electron chi connectivity index (χ4n) is 3.40. The van der Waals surface area contributed by atoms with E-state index in [0.717, 1.165) is 15.9 Å². The minimum absolute atomic E-state index is 0.0948. The van der Waals surface area contributed by atoms with Crippen LogP contribution in [0.4, 0.5) is 11.4 Å². The second-order valence-corrected chi connectivity index (χ2v) is 9.78. The monoisotopic (exact) mass is 488 g/mol. The van der Waals surface area contributed by atoms with Crippen LogP contribution in [0.25, 0.3) is 6.08 Å². The van der Waals surface area contributed by atoms with Crippen molar-refractivity contribution in [2.45, 2.75) is 18.2 Å². The number of likely N-dealkylation sites (N-methyl/N-ethyl adjacent to an activating group) is 1. The van der Waals surface area contributed by atoms with E-state index in [1.54, 1.807) is 14.0 Å². The molecule has 0 aliphatic carbocycles. The Balaban J connectivity index is 1.72. The molecule has 4 rings (SSSR count). The van der Waals surface area contributed by atoms with Crippen LogP contribution in [-0.2, 0) is 16.1 Å². The van der Waals surface area contributed by atoms with Crippen LogP contribution in [-0.4, -0.2) is 44.6 Å². The summed E-state index contributed by atoms with van der Waals surface area (Å²) in [6.07, 6.45) is 3.76. The van der Waals surface area contributed by atoms with Crippen molar-refractivity contribution in [2.75, 3.05) is 19.1 Å². The first-order chi connectivity index (χ1) is 14.7. The number of hydrogen-bond donors (Lipinski definition) is 0. The summed E-state index contributed by atoms with van der Waals surface area (Å²) < 4.78 is 17.5. The van der Waals surface area contributed by atoms with Gasteiger partial charge in [-0.3, -0.25) is 0 Å². The predicted octanol–water partition coefficient (Wildman–Crippen LogP) is 2.76. The predicted molar refractivity (Wildman–Crippen MR) is 117 cm³/mol. The molecule has 1 unspecified atom stereocenters. The third-order valence-corrected chi connectivity index (χ3v) is 7.90. The SMILES string of the molecule is C=C(C)C(=O)OCc1cc([N+](=O)[O-])cc2c1OC1(C=C2)[Se]c2ccc(OC)cc2N1C. The van der Waals surface area contributed by atoms with Gasteiger partial charge in [0.25, 0.3) is 0 Å². The first-order valence-electron chi connectivity index (χ1n) is 9.37. The van der Waals surface area contributed by atoms with Crippen LogP contribution in [0.5, 0.6) is 11.5 Å². The number of nitro benzene ring substituents is 1. The minimum atomic E-state index is -0.738. The number of anilines is 1. The Hall–Kier alpha value is -3.29. The number of nitrogens with zero attached hydrogens (tertiary/aromatic N) is 2. The van der Waals surface area contributed by atoms with Gasteiger partial charge in [0.15, 0.2) is 0 Å². The zero-order chi connectivity index (χ0) is 22.3. The molecule has 0 saturated carbocycles. The van der Waals surface area contributed by atoms with Crippen molar-refractivity contribution in [1.82, 2.24) is 0 Å². The maximum absolute atomic E-state index is 11.9. The van der Waals surface area contributed by atoms with Crippen molar-refractivity contribution in [2.24, 2.45) is 0 Å². The number of hydrogen-bond acceptors (Lipinski definition) is 7. The Labute approximate surface area is 185 Å². The van der Waals surface area contributed by atoms with E-state index in [1.165, 1.54) is 12.1 Å². The van der Waals surface area contributed by atoms with Gasteiger partial charge >= 0.3 is 185 Å². The second-order valence-electron chi connectivity index (χ2n) is 7.20. The van der Waals surface area contributed by atoms with E-state index in [9.17, 15) is 14.9 Å². The topological polar surface area (TPSA) is 91.1 Å². The van der Waals surface area contributed by atoms with Gasteiger partial charge in [0.1, 0.15) is 0 Å². The summed E-state index contributed by atoms with van der Waals surface area (Å²) in [7, 11) is 3.56. The number of nitro groups is 1. The first kappa shape index (κ1) is 21.0. The molecule has 0 amide bonds. The molecule has 0 aromatic heterocycles. The van der Waals surface area contributed by atoms with Crippen LogP contribution in [0.2, 0.25) is 0 Å². The maximum atomic E-state index is 11.9. The van der Waals surface area contributed by atoms with Crippen molar-refractivity contribution in [3.8, 4) is 11.5 Å². The summed E-state index contributed by atoms with van der Waals surface area (Å²) in [6, 6.07) is 8.75. The average Bonchev–Trinajstić information content (AvgIpc) is 3.02. The molecule has 1 atom stereocenters. The van der Waals surface area contributed by atoms with Crippen molar-refractivity contribution < 1.29 is 23.9 Å². The number of rotatable bonds is 5. The molecule has 160 valence electrons. The van der Waals surface area contributed by atoms with Gasteiger partial charge in [-0.05, 0) is 0 Å². The third-order valence-electron chi connectivity index (χ3n) is 5.07. The molecule has 1 spiro atoms. The number of ether oxygens (including phenoxy) is 3. The van der Waals surface area contributed by atoms with Crippen molar-refractivity contribution in [3.63, 3.8) is 0 Å². The Morgan fingerprint density at radius 2 is 2.13 bits per heavy atom. The Morgan fingerprint density at radius 3 is 2.81 bits per heavy atom. The van der Waals surface area contributed by atoms with Crippen LogP contribution < -0.4 is 18.8 Å². The molecule has 9 heteroatoms. The molecule has 8 nitrogen and oxygen atoms in total. The van der Waals surface area contributed by atoms with Crippen molar-refractivity contribution >= 4 is 42.8 Å². The van der Waals surface area contributed by atoms with Crippen LogP contribution in [0, 0.1) is 10.1 Å². The van der Waals surface area contributed by atoms with E-state index in [1.807, 2.05) is 42.3 Å². The fourth-order valence-corrected chi connectivity index (χ4v) is 6.02. The molecular weight excluding hydrogens is 467 g/mol. The van der Waals surface area contributed by atoms with Crippen molar-refractivity contribution in [1.29, 1.82) is 0 Å². The molecule has 0 bridgehead atoms. The summed E-state index contributed by atoms with van der Waals surface area (Å²) in [5.41, 5.74) is 2.16. The Bertz CT molecular complexity index is 1150. The number of non-ortho nitro benzene ring substituents is 1. The standard InChI is InChI=1S/C22H20N2O6Se/c1-13(2)21(25)29-12-15-10-16(24(26)27)9-14-7-8-22(30-20(14)15)23(3)18-11-17(28-4)5-6-19(18)31-22/h5-11H,1,12H2,2-4H3. The van der Waals surface area contributed by atoms with E-state index in [4.69, 9.17) is 14.2 Å². The van der Waals surface area contributed by atoms with Gasteiger partial charge in [-0.1, -0.05) is 0 Å². The summed E-state index contributed by atoms with van der Waals surface area (Å²) in [6.45, 7) is 4.95. The molecule has 2 aliphatic heterocycles. The summed E-state index contributed by atoms with van der Waals surface area (Å²) in [5, 5.41) is 11.4. The van der Waals surface area contributed by atoms with Gasteiger partial charge in [0, 0.05) is 0 Å². The molecule has 2 aromatic rings. The van der Waals surface area contributed by atoms with Gasteiger partial charge in [-0.25, -0.2) is 0 Å². The van der Waals surface area contributed by atoms with Gasteiger partial charge in [0.2, 0.25) is 0 Å². The molecular formula is C22H20N2O6Se. The van der Waals surface area contributed by atoms with Crippen LogP contribution in [0.1, 0.15) is 18.1 Å². The van der Waals surface area contributed by atoms with E-state index in [2.05, 4.69) is 6.58 Å². The summed E-state index contributed by atoms with van der Waals surface area (Å²) >= 11 is -0.106. The first-order valence-corrected chi connectivity index (χ1v) is 11.1. The molecule has 2 heterocycles. The van der Waals surface area contributed by atoms with Crippen LogP contribution in [0.15, 0.2) is 48.6 Å². The van der Waals surface area contributed by atoms with Crippen molar-refractivity contribution in [3.05, 3.63) is 69.8 Å². The number of methoxy groups -OCH3 is 1. The molecule has 2 aliphatic rings. The van der Waals surface area contributed by atoms with Gasteiger partial charge in [-0.2, -0.15) is 0 Å². The quantitative estimate of drug-likeness (QED) is 0.211. The number of esters is 1. The summed E-state index contributed by atoms with van der Waals surface area (Å²) in [4.78, 5) is 24.8. The van der Waals surface area contributed by atoms with E-state index >= 15 is 0 Å². The number of fused-ring (bicyclic) bond motifs is 2. The number of benzene rings is 2. The van der Waals surface area contributed by atoms with E-state index < -0.39 is 15.5 Å². The normalized spacial score (nSPS) is 18.2. The number of carbonyl (C=O) groups is 1. The Kier molecular flexibility index (Phi) is 5.24. The number of carbonyl (C=O) groups excluding carboxylic acids is 1. The van der Waals surface area contributed by atoms with Crippen LogP contribution in [0.3, 0.4) is 0 Å². The second kappa shape index (κ2) is 7.76. The molecule has 0 fully saturated rings. The van der Waals surface area contributed by atoms with Gasteiger partial charge in [0.05, 0.1) is 0 Å². The molecule has 0 saturated heterocycles. The van der Waals surface area contributed by atoms with E-state index in [-0.39, 0.29) is 32.8 Å². The molecule has 0 N–H and O–H groups in total. The fraction of sp³-hybridized carbons (Fsp3) is 0.227. The Morgan fingerprint density at radius 1 is 1.35 bits per heavy atom. The third kappa shape index (κ3) is 3.66. The molecule has 0 radical (unpaired) electrons. The zero-order valence-electron chi connectivity index (χ0n) is 17.2. The zero-order valence-corrected chi connectivity index (χ0v) is 18.9. The summed E-state index contributed by atoms with van der Waals surface area (Å²) in [5.74, 6) is 0.654. The molecule has 2 aromatic carbocycles. The van der Waals surface area contributed by atoms with E-state index in [0.29, 0.717) is 16.9 Å².